The molecule has 0 bridgehead atoms. The van der Waals surface area contributed by atoms with Crippen LogP contribution in [0.15, 0.2) is 35.5 Å². The highest BCUT2D eigenvalue weighted by Crippen LogP contribution is 2.05. The molecule has 0 unspecified atom stereocenters. The van der Waals surface area contributed by atoms with Gasteiger partial charge in [-0.3, -0.25) is 0 Å². The standard InChI is InChI=1S/C7H5N3O3/c11-7(10-3-1-2-9-10)13-6-4-12-5-8-6/h1-5H. The van der Waals surface area contributed by atoms with E-state index in [2.05, 4.69) is 14.5 Å². The number of aromatic nitrogens is 3. The number of carbonyl (C=O) groups is 1. The first-order valence-corrected chi connectivity index (χ1v) is 3.46. The Morgan fingerprint density at radius 2 is 2.54 bits per heavy atom. The summed E-state index contributed by atoms with van der Waals surface area (Å²) in [5, 5.41) is 3.68. The molecule has 6 nitrogen and oxygen atoms in total. The Labute approximate surface area is 72.7 Å². The van der Waals surface area contributed by atoms with Crippen molar-refractivity contribution in [3.05, 3.63) is 31.1 Å². The van der Waals surface area contributed by atoms with Crippen LogP contribution in [-0.4, -0.2) is 20.9 Å². The minimum absolute atomic E-state index is 0.112. The van der Waals surface area contributed by atoms with Crippen LogP contribution < -0.4 is 4.74 Å². The third-order valence-corrected chi connectivity index (χ3v) is 1.29. The number of hydrogen-bond donors (Lipinski definition) is 0. The van der Waals surface area contributed by atoms with Crippen molar-refractivity contribution in [3.63, 3.8) is 0 Å². The Morgan fingerprint density at radius 1 is 1.62 bits per heavy atom. The average Bonchev–Trinajstić information content (AvgIpc) is 2.74. The first kappa shape index (κ1) is 7.53. The van der Waals surface area contributed by atoms with Gasteiger partial charge in [0, 0.05) is 12.4 Å². The lowest BCUT2D eigenvalue weighted by Crippen LogP contribution is -2.17. The van der Waals surface area contributed by atoms with Crippen LogP contribution in [0.25, 0.3) is 0 Å². The first-order valence-electron chi connectivity index (χ1n) is 3.46. The molecule has 0 radical (unpaired) electrons. The van der Waals surface area contributed by atoms with Crippen molar-refractivity contribution in [1.82, 2.24) is 14.8 Å². The zero-order valence-corrected chi connectivity index (χ0v) is 6.45. The zero-order chi connectivity index (χ0) is 9.10. The summed E-state index contributed by atoms with van der Waals surface area (Å²) >= 11 is 0. The molecule has 0 N–H and O–H groups in total. The molecule has 0 aliphatic heterocycles. The number of rotatable bonds is 1. The van der Waals surface area contributed by atoms with Gasteiger partial charge in [0.15, 0.2) is 12.7 Å². The van der Waals surface area contributed by atoms with Gasteiger partial charge >= 0.3 is 6.09 Å². The highest BCUT2D eigenvalue weighted by Gasteiger charge is 2.08. The van der Waals surface area contributed by atoms with E-state index in [0.29, 0.717) is 0 Å². The van der Waals surface area contributed by atoms with Gasteiger partial charge in [-0.1, -0.05) is 0 Å². The molecule has 2 rings (SSSR count). The molecule has 13 heavy (non-hydrogen) atoms. The fourth-order valence-corrected chi connectivity index (χ4v) is 0.765. The fourth-order valence-electron chi connectivity index (χ4n) is 0.765. The fraction of sp³-hybridized carbons (Fsp3) is 0. The van der Waals surface area contributed by atoms with Crippen LogP contribution in [0.1, 0.15) is 0 Å². The van der Waals surface area contributed by atoms with Gasteiger partial charge in [0.2, 0.25) is 0 Å². The van der Waals surface area contributed by atoms with Gasteiger partial charge in [-0.15, -0.1) is 0 Å². The Morgan fingerprint density at radius 3 is 3.15 bits per heavy atom. The summed E-state index contributed by atoms with van der Waals surface area (Å²) < 4.78 is 10.4. The van der Waals surface area contributed by atoms with E-state index in [1.54, 1.807) is 6.07 Å². The van der Waals surface area contributed by atoms with E-state index in [0.717, 1.165) is 4.68 Å². The van der Waals surface area contributed by atoms with Crippen LogP contribution >= 0.6 is 0 Å². The molecule has 0 aliphatic rings. The van der Waals surface area contributed by atoms with E-state index < -0.39 is 6.09 Å². The van der Waals surface area contributed by atoms with Crippen molar-refractivity contribution in [2.24, 2.45) is 0 Å². The largest absolute Gasteiger partial charge is 0.448 e. The van der Waals surface area contributed by atoms with Gasteiger partial charge in [0.25, 0.3) is 5.88 Å². The molecular formula is C7H5N3O3. The monoisotopic (exact) mass is 179 g/mol. The van der Waals surface area contributed by atoms with Crippen LogP contribution in [0.5, 0.6) is 5.88 Å². The molecule has 0 aromatic carbocycles. The van der Waals surface area contributed by atoms with E-state index in [-0.39, 0.29) is 5.88 Å². The van der Waals surface area contributed by atoms with Crippen LogP contribution in [0.4, 0.5) is 4.79 Å². The minimum Gasteiger partial charge on any atom is -0.448 e. The van der Waals surface area contributed by atoms with E-state index in [1.165, 1.54) is 25.1 Å². The second-order valence-corrected chi connectivity index (χ2v) is 2.15. The van der Waals surface area contributed by atoms with Crippen molar-refractivity contribution in [1.29, 1.82) is 0 Å². The van der Waals surface area contributed by atoms with Crippen molar-refractivity contribution in [2.75, 3.05) is 0 Å². The number of ether oxygens (including phenoxy) is 1. The van der Waals surface area contributed by atoms with Crippen molar-refractivity contribution < 1.29 is 13.9 Å². The second-order valence-electron chi connectivity index (χ2n) is 2.15. The molecule has 0 aliphatic carbocycles. The molecule has 0 saturated heterocycles. The Kier molecular flexibility index (Phi) is 1.79. The lowest BCUT2D eigenvalue weighted by atomic mass is 10.7. The summed E-state index contributed by atoms with van der Waals surface area (Å²) in [5.41, 5.74) is 0. The van der Waals surface area contributed by atoms with Crippen molar-refractivity contribution in [2.45, 2.75) is 0 Å². The zero-order valence-electron chi connectivity index (χ0n) is 6.45. The highest BCUT2D eigenvalue weighted by atomic mass is 16.6. The first-order chi connectivity index (χ1) is 6.36. The Hall–Kier alpha value is -2.11. The maximum atomic E-state index is 11.2. The smallest absolute Gasteiger partial charge is 0.441 e. The maximum absolute atomic E-state index is 11.2. The third-order valence-electron chi connectivity index (χ3n) is 1.29. The number of nitrogens with zero attached hydrogens (tertiary/aromatic N) is 3. The van der Waals surface area contributed by atoms with Crippen molar-refractivity contribution >= 4 is 6.09 Å². The summed E-state index contributed by atoms with van der Waals surface area (Å²) in [4.78, 5) is 14.8. The lowest BCUT2D eigenvalue weighted by Gasteiger charge is -1.97. The summed E-state index contributed by atoms with van der Waals surface area (Å²) in [6.07, 6.45) is 4.72. The van der Waals surface area contributed by atoms with Gasteiger partial charge in [-0.2, -0.15) is 14.8 Å². The van der Waals surface area contributed by atoms with Crippen LogP contribution in [0.2, 0.25) is 0 Å². The summed E-state index contributed by atoms with van der Waals surface area (Å²) in [5.74, 6) is 0.112. The SMILES string of the molecule is O=C(Oc1cocn1)n1cccn1. The lowest BCUT2D eigenvalue weighted by molar-refractivity contribution is 0.196. The molecule has 2 aromatic rings. The average molecular weight is 179 g/mol. The molecule has 0 fully saturated rings. The molecular weight excluding hydrogens is 174 g/mol. The number of carbonyl (C=O) groups excluding carboxylic acids is 1. The Bertz CT molecular complexity index is 379. The normalized spacial score (nSPS) is 9.85. The van der Waals surface area contributed by atoms with Crippen LogP contribution in [0, 0.1) is 0 Å². The number of oxazole rings is 1. The highest BCUT2D eigenvalue weighted by molar-refractivity contribution is 5.71. The van der Waals surface area contributed by atoms with E-state index in [4.69, 9.17) is 4.74 Å². The van der Waals surface area contributed by atoms with E-state index in [9.17, 15) is 4.79 Å². The predicted molar refractivity (Wildman–Crippen MR) is 40.2 cm³/mol. The summed E-state index contributed by atoms with van der Waals surface area (Å²) in [6, 6.07) is 1.62. The number of hydrogen-bond acceptors (Lipinski definition) is 5. The van der Waals surface area contributed by atoms with Gasteiger partial charge in [0.1, 0.15) is 0 Å². The maximum Gasteiger partial charge on any atom is 0.441 e. The van der Waals surface area contributed by atoms with Gasteiger partial charge in [-0.05, 0) is 6.07 Å². The summed E-state index contributed by atoms with van der Waals surface area (Å²) in [7, 11) is 0. The molecule has 0 spiro atoms. The molecule has 0 saturated carbocycles. The van der Waals surface area contributed by atoms with Crippen LogP contribution in [-0.2, 0) is 0 Å². The molecule has 2 aromatic heterocycles. The Balaban J connectivity index is 2.08. The quantitative estimate of drug-likeness (QED) is 0.650. The molecule has 66 valence electrons. The molecule has 0 atom stereocenters. The minimum atomic E-state index is -0.626. The van der Waals surface area contributed by atoms with Gasteiger partial charge in [0.05, 0.1) is 0 Å². The molecule has 0 amide bonds. The predicted octanol–water partition coefficient (Wildman–Crippen LogP) is 0.918. The van der Waals surface area contributed by atoms with Crippen molar-refractivity contribution in [3.8, 4) is 5.88 Å². The van der Waals surface area contributed by atoms with E-state index >= 15 is 0 Å². The molecule has 2 heterocycles. The van der Waals surface area contributed by atoms with E-state index in [1.807, 2.05) is 0 Å². The van der Waals surface area contributed by atoms with Crippen LogP contribution in [0.3, 0.4) is 0 Å². The molecule has 6 heteroatoms. The van der Waals surface area contributed by atoms with Gasteiger partial charge in [-0.25, -0.2) is 4.79 Å². The van der Waals surface area contributed by atoms with Gasteiger partial charge < -0.3 is 9.15 Å². The topological polar surface area (TPSA) is 70.2 Å². The third kappa shape index (κ3) is 1.56. The second kappa shape index (κ2) is 3.10. The summed E-state index contributed by atoms with van der Waals surface area (Å²) in [6.45, 7) is 0.